The molecule has 0 radical (unpaired) electrons. The number of halogens is 2. The second-order valence-electron chi connectivity index (χ2n) is 5.21. The topological polar surface area (TPSA) is 73.6 Å². The van der Waals surface area contributed by atoms with Crippen molar-refractivity contribution in [2.24, 2.45) is 11.7 Å². The number of carbonyl (C=O) groups excluding carboxylic acids is 1. The van der Waals surface area contributed by atoms with E-state index in [0.29, 0.717) is 24.6 Å². The van der Waals surface area contributed by atoms with E-state index in [4.69, 9.17) is 15.2 Å². The van der Waals surface area contributed by atoms with Crippen LogP contribution in [0.5, 0.6) is 5.75 Å². The Kier molecular flexibility index (Phi) is 9.73. The zero-order chi connectivity index (χ0) is 15.8. The van der Waals surface area contributed by atoms with Gasteiger partial charge in [0.25, 0.3) is 0 Å². The van der Waals surface area contributed by atoms with E-state index in [-0.39, 0.29) is 30.7 Å². The number of methoxy groups -OCH3 is 1. The molecule has 1 rings (SSSR count). The summed E-state index contributed by atoms with van der Waals surface area (Å²) in [6, 6.07) is 3.65. The van der Waals surface area contributed by atoms with Gasteiger partial charge in [-0.25, -0.2) is 4.39 Å². The molecule has 1 amide bonds. The fourth-order valence-corrected chi connectivity index (χ4v) is 1.78. The summed E-state index contributed by atoms with van der Waals surface area (Å²) in [5.41, 5.74) is 6.13. The first-order chi connectivity index (χ1) is 9.93. The second-order valence-corrected chi connectivity index (χ2v) is 5.21. The number of anilines is 1. The molecule has 1 atom stereocenters. The zero-order valence-corrected chi connectivity index (χ0v) is 13.9. The van der Waals surface area contributed by atoms with Crippen LogP contribution in [-0.2, 0) is 9.53 Å². The van der Waals surface area contributed by atoms with Crippen LogP contribution in [0.4, 0.5) is 10.1 Å². The largest absolute Gasteiger partial charge is 0.488 e. The Morgan fingerprint density at radius 2 is 2.05 bits per heavy atom. The molecule has 0 saturated heterocycles. The summed E-state index contributed by atoms with van der Waals surface area (Å²) in [5, 5.41) is 2.60. The van der Waals surface area contributed by atoms with Gasteiger partial charge in [-0.1, -0.05) is 13.8 Å². The summed E-state index contributed by atoms with van der Waals surface area (Å²) >= 11 is 0. The van der Waals surface area contributed by atoms with Gasteiger partial charge < -0.3 is 20.5 Å². The van der Waals surface area contributed by atoms with Gasteiger partial charge in [-0.15, -0.1) is 12.4 Å². The Morgan fingerprint density at radius 3 is 2.59 bits per heavy atom. The number of hydrogen-bond acceptors (Lipinski definition) is 4. The highest BCUT2D eigenvalue weighted by Gasteiger charge is 2.15. The van der Waals surface area contributed by atoms with E-state index >= 15 is 0 Å². The molecule has 0 spiro atoms. The first kappa shape index (κ1) is 20.6. The van der Waals surface area contributed by atoms with Gasteiger partial charge in [0.15, 0.2) is 11.6 Å². The molecule has 3 N–H and O–H groups in total. The lowest BCUT2D eigenvalue weighted by Gasteiger charge is -2.14. The van der Waals surface area contributed by atoms with E-state index in [1.807, 2.05) is 13.8 Å². The Balaban J connectivity index is 0.00000441. The molecule has 22 heavy (non-hydrogen) atoms. The SMILES string of the molecule is COCCOc1ccc(NC(=O)[C@@H](N)CC(C)C)cc1F.Cl. The standard InChI is InChI=1S/C15H23FN2O3.ClH/c1-10(2)8-13(17)15(19)18-11-4-5-14(12(16)9-11)21-7-6-20-3;/h4-5,9-10,13H,6-8,17H2,1-3H3,(H,18,19);1H/t13-;/m0./s1. The van der Waals surface area contributed by atoms with Crippen molar-refractivity contribution in [2.75, 3.05) is 25.6 Å². The van der Waals surface area contributed by atoms with E-state index < -0.39 is 11.9 Å². The molecule has 0 aromatic heterocycles. The highest BCUT2D eigenvalue weighted by Crippen LogP contribution is 2.21. The third kappa shape index (κ3) is 7.06. The highest BCUT2D eigenvalue weighted by molar-refractivity contribution is 5.94. The maximum absolute atomic E-state index is 13.8. The number of nitrogens with one attached hydrogen (secondary N) is 1. The molecule has 7 heteroatoms. The van der Waals surface area contributed by atoms with Gasteiger partial charge in [-0.3, -0.25) is 4.79 Å². The van der Waals surface area contributed by atoms with Gasteiger partial charge in [0.2, 0.25) is 5.91 Å². The summed E-state index contributed by atoms with van der Waals surface area (Å²) in [5.74, 6) is -0.423. The monoisotopic (exact) mass is 334 g/mol. The molecule has 5 nitrogen and oxygen atoms in total. The van der Waals surface area contributed by atoms with Crippen LogP contribution in [0.1, 0.15) is 20.3 Å². The van der Waals surface area contributed by atoms with Crippen LogP contribution in [0.3, 0.4) is 0 Å². The maximum Gasteiger partial charge on any atom is 0.241 e. The van der Waals surface area contributed by atoms with Crippen molar-refractivity contribution in [1.29, 1.82) is 0 Å². The summed E-state index contributed by atoms with van der Waals surface area (Å²) in [4.78, 5) is 11.8. The predicted octanol–water partition coefficient (Wildman–Crippen LogP) is 2.58. The fraction of sp³-hybridized carbons (Fsp3) is 0.533. The van der Waals surface area contributed by atoms with E-state index in [1.54, 1.807) is 13.2 Å². The Hall–Kier alpha value is -1.37. The van der Waals surface area contributed by atoms with E-state index in [9.17, 15) is 9.18 Å². The number of ether oxygens (including phenoxy) is 2. The van der Waals surface area contributed by atoms with Crippen LogP contribution in [0.15, 0.2) is 18.2 Å². The van der Waals surface area contributed by atoms with Gasteiger partial charge in [-0.2, -0.15) is 0 Å². The van der Waals surface area contributed by atoms with Gasteiger partial charge >= 0.3 is 0 Å². The molecule has 0 aliphatic carbocycles. The molecule has 0 aliphatic heterocycles. The molecule has 0 aliphatic rings. The summed E-state index contributed by atoms with van der Waals surface area (Å²) in [7, 11) is 1.54. The van der Waals surface area contributed by atoms with Crippen molar-refractivity contribution < 1.29 is 18.7 Å². The van der Waals surface area contributed by atoms with Crippen molar-refractivity contribution in [2.45, 2.75) is 26.3 Å². The van der Waals surface area contributed by atoms with Gasteiger partial charge in [0.05, 0.1) is 12.6 Å². The Bertz CT molecular complexity index is 472. The average molecular weight is 335 g/mol. The lowest BCUT2D eigenvalue weighted by atomic mass is 10.0. The summed E-state index contributed by atoms with van der Waals surface area (Å²) in [6.45, 7) is 4.61. The summed E-state index contributed by atoms with van der Waals surface area (Å²) < 4.78 is 23.8. The van der Waals surface area contributed by atoms with Gasteiger partial charge in [0, 0.05) is 18.9 Å². The highest BCUT2D eigenvalue weighted by atomic mass is 35.5. The lowest BCUT2D eigenvalue weighted by Crippen LogP contribution is -2.36. The number of nitrogens with two attached hydrogens (primary N) is 1. The number of rotatable bonds is 8. The molecule has 0 bridgehead atoms. The lowest BCUT2D eigenvalue weighted by molar-refractivity contribution is -0.117. The van der Waals surface area contributed by atoms with E-state index in [2.05, 4.69) is 5.32 Å². The maximum atomic E-state index is 13.8. The van der Waals surface area contributed by atoms with Crippen LogP contribution in [-0.4, -0.2) is 32.3 Å². The minimum atomic E-state index is -0.606. The van der Waals surface area contributed by atoms with E-state index in [0.717, 1.165) is 0 Å². The minimum absolute atomic E-state index is 0. The number of hydrogen-bond donors (Lipinski definition) is 2. The number of amides is 1. The van der Waals surface area contributed by atoms with Gasteiger partial charge in [0.1, 0.15) is 6.61 Å². The third-order valence-corrected chi connectivity index (χ3v) is 2.81. The molecule has 0 heterocycles. The minimum Gasteiger partial charge on any atom is -0.488 e. The fourth-order valence-electron chi connectivity index (χ4n) is 1.78. The molecular weight excluding hydrogens is 311 g/mol. The molecule has 0 fully saturated rings. The van der Waals surface area contributed by atoms with Crippen molar-refractivity contribution in [1.82, 2.24) is 0 Å². The third-order valence-electron chi connectivity index (χ3n) is 2.81. The van der Waals surface area contributed by atoms with Crippen LogP contribution >= 0.6 is 12.4 Å². The quantitative estimate of drug-likeness (QED) is 0.717. The Labute approximate surface area is 136 Å². The smallest absolute Gasteiger partial charge is 0.241 e. The molecular formula is C15H24ClFN2O3. The van der Waals surface area contributed by atoms with Crippen LogP contribution < -0.4 is 15.8 Å². The molecule has 126 valence electrons. The number of carbonyl (C=O) groups is 1. The first-order valence-corrected chi connectivity index (χ1v) is 6.91. The van der Waals surface area contributed by atoms with Crippen molar-refractivity contribution in [3.05, 3.63) is 24.0 Å². The Morgan fingerprint density at radius 1 is 1.36 bits per heavy atom. The molecule has 0 saturated carbocycles. The zero-order valence-electron chi connectivity index (χ0n) is 13.1. The van der Waals surface area contributed by atoms with Crippen molar-refractivity contribution in [3.8, 4) is 5.75 Å². The number of benzene rings is 1. The molecule has 1 aromatic carbocycles. The van der Waals surface area contributed by atoms with E-state index in [1.165, 1.54) is 12.1 Å². The normalized spacial score (nSPS) is 11.7. The van der Waals surface area contributed by atoms with Crippen molar-refractivity contribution >= 4 is 24.0 Å². The van der Waals surface area contributed by atoms with Gasteiger partial charge in [-0.05, 0) is 24.5 Å². The average Bonchev–Trinajstić information content (AvgIpc) is 2.40. The summed E-state index contributed by atoms with van der Waals surface area (Å²) in [6.07, 6.45) is 0.576. The predicted molar refractivity (Wildman–Crippen MR) is 87.1 cm³/mol. The first-order valence-electron chi connectivity index (χ1n) is 6.91. The van der Waals surface area contributed by atoms with Crippen LogP contribution in [0.2, 0.25) is 0 Å². The van der Waals surface area contributed by atoms with Crippen molar-refractivity contribution in [3.63, 3.8) is 0 Å². The van der Waals surface area contributed by atoms with Crippen LogP contribution in [0, 0.1) is 11.7 Å². The molecule has 0 unspecified atom stereocenters. The second kappa shape index (κ2) is 10.4. The van der Waals surface area contributed by atoms with Crippen LogP contribution in [0.25, 0.3) is 0 Å². The molecule has 1 aromatic rings.